The van der Waals surface area contributed by atoms with Gasteiger partial charge in [-0.3, -0.25) is 0 Å². The first-order chi connectivity index (χ1) is 9.51. The standard InChI is InChI=1S/C14H7BrF3NO/c15-10-4-12(17)14(18)13(5-10)20-7-8-1-2-11(16)9(3-8)6-19/h1-5H,7H2. The fourth-order valence-corrected chi connectivity index (χ4v) is 1.96. The maximum Gasteiger partial charge on any atom is 0.200 e. The Bertz CT molecular complexity index is 698. The van der Waals surface area contributed by atoms with Gasteiger partial charge in [-0.1, -0.05) is 22.0 Å². The van der Waals surface area contributed by atoms with E-state index in [0.29, 0.717) is 10.0 Å². The maximum atomic E-state index is 13.5. The number of nitrogens with zero attached hydrogens (tertiary/aromatic N) is 1. The second-order valence-corrected chi connectivity index (χ2v) is 4.83. The summed E-state index contributed by atoms with van der Waals surface area (Å²) in [5.41, 5.74) is 0.342. The van der Waals surface area contributed by atoms with Crippen LogP contribution in [0, 0.1) is 28.8 Å². The Hall–Kier alpha value is -2.00. The first-order valence-corrected chi connectivity index (χ1v) is 6.26. The van der Waals surface area contributed by atoms with Crippen LogP contribution in [-0.4, -0.2) is 0 Å². The van der Waals surface area contributed by atoms with Crippen LogP contribution in [0.15, 0.2) is 34.8 Å². The number of ether oxygens (including phenoxy) is 1. The van der Waals surface area contributed by atoms with Crippen molar-refractivity contribution in [1.82, 2.24) is 0 Å². The van der Waals surface area contributed by atoms with Crippen molar-refractivity contribution >= 4 is 15.9 Å². The Morgan fingerprint density at radius 2 is 1.85 bits per heavy atom. The van der Waals surface area contributed by atoms with Crippen molar-refractivity contribution in [2.24, 2.45) is 0 Å². The van der Waals surface area contributed by atoms with E-state index < -0.39 is 17.5 Å². The molecule has 0 spiro atoms. The van der Waals surface area contributed by atoms with E-state index in [1.807, 2.05) is 0 Å². The van der Waals surface area contributed by atoms with E-state index in [-0.39, 0.29) is 17.9 Å². The average Bonchev–Trinajstić information content (AvgIpc) is 2.42. The molecule has 6 heteroatoms. The summed E-state index contributed by atoms with van der Waals surface area (Å²) in [4.78, 5) is 0. The molecule has 0 aliphatic heterocycles. The van der Waals surface area contributed by atoms with Crippen LogP contribution in [0.2, 0.25) is 0 Å². The van der Waals surface area contributed by atoms with Crippen LogP contribution in [0.5, 0.6) is 5.75 Å². The van der Waals surface area contributed by atoms with Crippen molar-refractivity contribution in [2.45, 2.75) is 6.61 Å². The van der Waals surface area contributed by atoms with Crippen molar-refractivity contribution < 1.29 is 17.9 Å². The fourth-order valence-electron chi connectivity index (χ4n) is 1.55. The van der Waals surface area contributed by atoms with Gasteiger partial charge in [0.05, 0.1) is 5.56 Å². The molecule has 0 saturated carbocycles. The molecule has 0 fully saturated rings. The zero-order valence-electron chi connectivity index (χ0n) is 9.96. The summed E-state index contributed by atoms with van der Waals surface area (Å²) in [6.45, 7) is -0.109. The third-order valence-electron chi connectivity index (χ3n) is 2.51. The largest absolute Gasteiger partial charge is 0.486 e. The van der Waals surface area contributed by atoms with Gasteiger partial charge in [-0.2, -0.15) is 9.65 Å². The lowest BCUT2D eigenvalue weighted by Crippen LogP contribution is -2.00. The minimum absolute atomic E-state index is 0.109. The molecule has 2 rings (SSSR count). The first-order valence-electron chi connectivity index (χ1n) is 5.47. The molecule has 2 aromatic carbocycles. The lowest BCUT2D eigenvalue weighted by molar-refractivity contribution is 0.284. The van der Waals surface area contributed by atoms with Gasteiger partial charge in [0.25, 0.3) is 0 Å². The molecule has 0 aromatic heterocycles. The van der Waals surface area contributed by atoms with Crippen molar-refractivity contribution in [3.05, 3.63) is 63.4 Å². The zero-order chi connectivity index (χ0) is 14.7. The highest BCUT2D eigenvalue weighted by Crippen LogP contribution is 2.26. The van der Waals surface area contributed by atoms with Gasteiger partial charge in [0.1, 0.15) is 18.5 Å². The minimum atomic E-state index is -1.10. The van der Waals surface area contributed by atoms with Crippen LogP contribution in [0.1, 0.15) is 11.1 Å². The normalized spacial score (nSPS) is 10.2. The Morgan fingerprint density at radius 1 is 1.10 bits per heavy atom. The molecule has 0 unspecified atom stereocenters. The maximum absolute atomic E-state index is 13.5. The molecular formula is C14H7BrF3NO. The molecule has 0 radical (unpaired) electrons. The van der Waals surface area contributed by atoms with Gasteiger partial charge in [0, 0.05) is 4.47 Å². The van der Waals surface area contributed by atoms with Crippen LogP contribution in [0.25, 0.3) is 0 Å². The predicted molar refractivity (Wildman–Crippen MR) is 69.5 cm³/mol. The third-order valence-corrected chi connectivity index (χ3v) is 2.96. The van der Waals surface area contributed by atoms with E-state index >= 15 is 0 Å². The highest BCUT2D eigenvalue weighted by molar-refractivity contribution is 9.10. The molecule has 0 N–H and O–H groups in total. The molecule has 0 heterocycles. The molecule has 2 aromatic rings. The summed E-state index contributed by atoms with van der Waals surface area (Å²) in [7, 11) is 0. The minimum Gasteiger partial charge on any atom is -0.486 e. The SMILES string of the molecule is N#Cc1cc(COc2cc(Br)cc(F)c2F)ccc1F. The first kappa shape index (κ1) is 14.4. The molecular weight excluding hydrogens is 335 g/mol. The monoisotopic (exact) mass is 341 g/mol. The van der Waals surface area contributed by atoms with Gasteiger partial charge in [0.2, 0.25) is 5.82 Å². The van der Waals surface area contributed by atoms with Crippen LogP contribution in [0.4, 0.5) is 13.2 Å². The molecule has 0 aliphatic rings. The van der Waals surface area contributed by atoms with E-state index in [1.165, 1.54) is 18.2 Å². The van der Waals surface area contributed by atoms with Crippen LogP contribution in [0.3, 0.4) is 0 Å². The third kappa shape index (κ3) is 3.11. The van der Waals surface area contributed by atoms with Crippen LogP contribution < -0.4 is 4.74 Å². The summed E-state index contributed by atoms with van der Waals surface area (Å²) in [6, 6.07) is 7.77. The van der Waals surface area contributed by atoms with E-state index in [0.717, 1.165) is 12.1 Å². The number of hydrogen-bond acceptors (Lipinski definition) is 2. The second kappa shape index (κ2) is 5.97. The van der Waals surface area contributed by atoms with E-state index in [4.69, 9.17) is 10.00 Å². The van der Waals surface area contributed by atoms with Gasteiger partial charge in [-0.05, 0) is 29.8 Å². The van der Waals surface area contributed by atoms with Crippen molar-refractivity contribution in [3.8, 4) is 11.8 Å². The topological polar surface area (TPSA) is 33.0 Å². The molecule has 20 heavy (non-hydrogen) atoms. The van der Waals surface area contributed by atoms with Gasteiger partial charge in [0.15, 0.2) is 11.6 Å². The highest BCUT2D eigenvalue weighted by atomic mass is 79.9. The zero-order valence-corrected chi connectivity index (χ0v) is 11.5. The van der Waals surface area contributed by atoms with E-state index in [1.54, 1.807) is 6.07 Å². The molecule has 0 saturated heterocycles. The van der Waals surface area contributed by atoms with Gasteiger partial charge < -0.3 is 4.74 Å². The van der Waals surface area contributed by atoms with Gasteiger partial charge in [-0.25, -0.2) is 8.78 Å². The summed E-state index contributed by atoms with van der Waals surface area (Å²) < 4.78 is 45.2. The summed E-state index contributed by atoms with van der Waals surface area (Å²) in [6.07, 6.45) is 0. The smallest absolute Gasteiger partial charge is 0.200 e. The van der Waals surface area contributed by atoms with Crippen molar-refractivity contribution in [1.29, 1.82) is 5.26 Å². The Labute approximate surface area is 121 Å². The molecule has 0 bridgehead atoms. The summed E-state index contributed by atoms with van der Waals surface area (Å²) in [5.74, 6) is -3.04. The highest BCUT2D eigenvalue weighted by Gasteiger charge is 2.12. The number of nitriles is 1. The number of rotatable bonds is 3. The van der Waals surface area contributed by atoms with Crippen LogP contribution in [-0.2, 0) is 6.61 Å². The summed E-state index contributed by atoms with van der Waals surface area (Å²) in [5, 5.41) is 8.70. The number of benzene rings is 2. The van der Waals surface area contributed by atoms with E-state index in [9.17, 15) is 13.2 Å². The lowest BCUT2D eigenvalue weighted by Gasteiger charge is -2.09. The van der Waals surface area contributed by atoms with Gasteiger partial charge in [-0.15, -0.1) is 0 Å². The van der Waals surface area contributed by atoms with Gasteiger partial charge >= 0.3 is 0 Å². The second-order valence-electron chi connectivity index (χ2n) is 3.91. The van der Waals surface area contributed by atoms with Crippen molar-refractivity contribution in [2.75, 3.05) is 0 Å². The van der Waals surface area contributed by atoms with E-state index in [2.05, 4.69) is 15.9 Å². The Kier molecular flexibility index (Phi) is 4.30. The quantitative estimate of drug-likeness (QED) is 0.779. The predicted octanol–water partition coefficient (Wildman–Crippen LogP) is 4.32. The Morgan fingerprint density at radius 3 is 2.55 bits per heavy atom. The Balaban J connectivity index is 2.19. The summed E-state index contributed by atoms with van der Waals surface area (Å²) >= 11 is 3.03. The number of halogens is 4. The molecule has 0 amide bonds. The van der Waals surface area contributed by atoms with Crippen molar-refractivity contribution in [3.63, 3.8) is 0 Å². The molecule has 0 aliphatic carbocycles. The fraction of sp³-hybridized carbons (Fsp3) is 0.0714. The number of hydrogen-bond donors (Lipinski definition) is 0. The molecule has 102 valence electrons. The molecule has 0 atom stereocenters. The molecule has 2 nitrogen and oxygen atoms in total. The van der Waals surface area contributed by atoms with Crippen LogP contribution >= 0.6 is 15.9 Å². The lowest BCUT2D eigenvalue weighted by atomic mass is 10.1. The average molecular weight is 342 g/mol.